The molecule has 2 bridgehead atoms. The van der Waals surface area contributed by atoms with Crippen LogP contribution in [0, 0.1) is 0 Å². The first-order valence-corrected chi connectivity index (χ1v) is 8.49. The maximum Gasteiger partial charge on any atom is 0.204 e. The number of methoxy groups -OCH3 is 2. The van der Waals surface area contributed by atoms with Crippen LogP contribution in [-0.4, -0.2) is 14.2 Å². The summed E-state index contributed by atoms with van der Waals surface area (Å²) in [5.41, 5.74) is 2.28. The minimum Gasteiger partial charge on any atom is -0.497 e. The summed E-state index contributed by atoms with van der Waals surface area (Å²) in [6.07, 6.45) is 0. The van der Waals surface area contributed by atoms with Gasteiger partial charge in [0.05, 0.1) is 19.6 Å². The first-order chi connectivity index (χ1) is 13.2. The van der Waals surface area contributed by atoms with Crippen LogP contribution in [0.2, 0.25) is 0 Å². The third-order valence-corrected chi connectivity index (χ3v) is 4.37. The first kappa shape index (κ1) is 17.0. The largest absolute Gasteiger partial charge is 0.497 e. The highest BCUT2D eigenvalue weighted by Crippen LogP contribution is 2.28. The fourth-order valence-corrected chi connectivity index (χ4v) is 3.07. The first-order valence-electron chi connectivity index (χ1n) is 8.49. The van der Waals surface area contributed by atoms with Gasteiger partial charge in [-0.1, -0.05) is 18.2 Å². The molecule has 0 saturated carbocycles. The number of hydrogen-bond donors (Lipinski definition) is 0. The highest BCUT2D eigenvalue weighted by molar-refractivity contribution is 5.93. The van der Waals surface area contributed by atoms with Gasteiger partial charge in [0, 0.05) is 6.07 Å². The Morgan fingerprint density at radius 1 is 0.889 bits per heavy atom. The molecule has 27 heavy (non-hydrogen) atoms. The average molecular weight is 362 g/mol. The molecular formula is C22H18O5. The van der Waals surface area contributed by atoms with E-state index in [2.05, 4.69) is 0 Å². The number of benzene rings is 3. The molecule has 4 aromatic rings. The Labute approximate surface area is 155 Å². The van der Waals surface area contributed by atoms with Crippen LogP contribution in [0.15, 0.2) is 69.9 Å². The van der Waals surface area contributed by atoms with E-state index in [0.717, 1.165) is 11.5 Å². The lowest BCUT2D eigenvalue weighted by Gasteiger charge is -2.05. The second kappa shape index (κ2) is 7.03. The summed E-state index contributed by atoms with van der Waals surface area (Å²) in [4.78, 5) is 12.3. The molecule has 0 N–H and O–H groups in total. The molecule has 5 heteroatoms. The molecule has 0 fully saturated rings. The normalized spacial score (nSPS) is 11.6. The molecule has 2 heterocycles. The van der Waals surface area contributed by atoms with Crippen molar-refractivity contribution in [2.75, 3.05) is 14.2 Å². The van der Waals surface area contributed by atoms with Crippen LogP contribution in [0.4, 0.5) is 0 Å². The third-order valence-electron chi connectivity index (χ3n) is 4.37. The molecule has 0 atom stereocenters. The molecule has 0 radical (unpaired) electrons. The SMILES string of the molecule is COc1cc2cc(c1)OC2.COc1cccc2oc3ccccc3c(=O)c12. The van der Waals surface area contributed by atoms with E-state index < -0.39 is 0 Å². The maximum atomic E-state index is 12.3. The molecule has 0 aliphatic carbocycles. The average Bonchev–Trinajstić information content (AvgIpc) is 3.05. The molecule has 1 aliphatic rings. The van der Waals surface area contributed by atoms with Crippen molar-refractivity contribution in [2.24, 2.45) is 0 Å². The standard InChI is InChI=1S/C14H10O3.C8H8O2/c1-16-11-7-4-8-12-13(11)14(15)9-5-2-3-6-10(9)17-12;1-9-7-2-6-3-8(4-7)10-5-6/h2-8H,1H3;2-4H,5H2,1H3. The van der Waals surface area contributed by atoms with Gasteiger partial charge in [-0.15, -0.1) is 0 Å². The van der Waals surface area contributed by atoms with E-state index in [9.17, 15) is 4.79 Å². The van der Waals surface area contributed by atoms with Gasteiger partial charge in [0.25, 0.3) is 0 Å². The third kappa shape index (κ3) is 3.19. The molecule has 1 aromatic heterocycles. The van der Waals surface area contributed by atoms with Crippen molar-refractivity contribution >= 4 is 21.9 Å². The molecule has 5 nitrogen and oxygen atoms in total. The number of rotatable bonds is 2. The van der Waals surface area contributed by atoms with Crippen LogP contribution >= 0.6 is 0 Å². The predicted molar refractivity (Wildman–Crippen MR) is 104 cm³/mol. The summed E-state index contributed by atoms with van der Waals surface area (Å²) in [7, 11) is 3.21. The van der Waals surface area contributed by atoms with Crippen LogP contribution in [-0.2, 0) is 6.61 Å². The van der Waals surface area contributed by atoms with Gasteiger partial charge in [0.15, 0.2) is 0 Å². The van der Waals surface area contributed by atoms with Crippen molar-refractivity contribution in [3.8, 4) is 17.2 Å². The van der Waals surface area contributed by atoms with E-state index in [1.54, 1.807) is 44.6 Å². The summed E-state index contributed by atoms with van der Waals surface area (Å²) in [6, 6.07) is 18.4. The Bertz CT molecular complexity index is 1150. The Balaban J connectivity index is 0.000000153. The number of para-hydroxylation sites is 1. The summed E-state index contributed by atoms with van der Waals surface area (Å²) < 4.78 is 21.2. The van der Waals surface area contributed by atoms with Gasteiger partial charge in [-0.2, -0.15) is 0 Å². The molecule has 0 saturated heterocycles. The van der Waals surface area contributed by atoms with Crippen molar-refractivity contribution < 1.29 is 18.6 Å². The Morgan fingerprint density at radius 2 is 1.70 bits per heavy atom. The van der Waals surface area contributed by atoms with Crippen molar-refractivity contribution in [1.29, 1.82) is 0 Å². The Morgan fingerprint density at radius 3 is 2.48 bits per heavy atom. The molecule has 136 valence electrons. The van der Waals surface area contributed by atoms with E-state index in [0.29, 0.717) is 34.3 Å². The van der Waals surface area contributed by atoms with Crippen LogP contribution < -0.4 is 19.6 Å². The lowest BCUT2D eigenvalue weighted by atomic mass is 10.1. The summed E-state index contributed by atoms with van der Waals surface area (Å²) in [5, 5.41) is 1.07. The van der Waals surface area contributed by atoms with Gasteiger partial charge in [-0.05, 0) is 42.0 Å². The van der Waals surface area contributed by atoms with Gasteiger partial charge in [-0.25, -0.2) is 0 Å². The molecule has 0 unspecified atom stereocenters. The van der Waals surface area contributed by atoms with E-state index >= 15 is 0 Å². The number of fused-ring (bicyclic) bond motifs is 4. The minimum atomic E-state index is -0.0562. The minimum absolute atomic E-state index is 0.0562. The summed E-state index contributed by atoms with van der Waals surface area (Å²) in [5.74, 6) is 2.33. The number of hydrogen-bond acceptors (Lipinski definition) is 5. The number of ether oxygens (including phenoxy) is 3. The van der Waals surface area contributed by atoms with Gasteiger partial charge in [0.2, 0.25) is 5.43 Å². The second-order valence-electron chi connectivity index (χ2n) is 6.07. The Hall–Kier alpha value is -3.47. The zero-order valence-electron chi connectivity index (χ0n) is 15.0. The highest BCUT2D eigenvalue weighted by atomic mass is 16.5. The van der Waals surface area contributed by atoms with E-state index in [1.165, 1.54) is 5.56 Å². The fraction of sp³-hybridized carbons (Fsp3) is 0.136. The fourth-order valence-electron chi connectivity index (χ4n) is 3.07. The van der Waals surface area contributed by atoms with Gasteiger partial charge in [-0.3, -0.25) is 4.79 Å². The Kier molecular flexibility index (Phi) is 4.42. The maximum absolute atomic E-state index is 12.3. The smallest absolute Gasteiger partial charge is 0.204 e. The quantitative estimate of drug-likeness (QED) is 0.490. The molecule has 3 aromatic carbocycles. The molecular weight excluding hydrogens is 344 g/mol. The lowest BCUT2D eigenvalue weighted by Crippen LogP contribution is -2.03. The van der Waals surface area contributed by atoms with E-state index in [1.807, 2.05) is 30.3 Å². The molecule has 0 spiro atoms. The zero-order chi connectivity index (χ0) is 18.8. The van der Waals surface area contributed by atoms with E-state index in [4.69, 9.17) is 18.6 Å². The molecule has 5 rings (SSSR count). The second-order valence-corrected chi connectivity index (χ2v) is 6.07. The van der Waals surface area contributed by atoms with Gasteiger partial charge >= 0.3 is 0 Å². The zero-order valence-corrected chi connectivity index (χ0v) is 15.0. The van der Waals surface area contributed by atoms with Crippen molar-refractivity contribution in [1.82, 2.24) is 0 Å². The van der Waals surface area contributed by atoms with E-state index in [-0.39, 0.29) is 5.43 Å². The van der Waals surface area contributed by atoms with Gasteiger partial charge in [0.1, 0.15) is 40.4 Å². The van der Waals surface area contributed by atoms with Crippen LogP contribution in [0.25, 0.3) is 21.9 Å². The van der Waals surface area contributed by atoms with Crippen molar-refractivity contribution in [2.45, 2.75) is 6.61 Å². The molecule has 1 aliphatic heterocycles. The predicted octanol–water partition coefficient (Wildman–Crippen LogP) is 4.54. The summed E-state index contributed by atoms with van der Waals surface area (Å²) >= 11 is 0. The summed E-state index contributed by atoms with van der Waals surface area (Å²) in [6.45, 7) is 0.693. The highest BCUT2D eigenvalue weighted by Gasteiger charge is 2.11. The van der Waals surface area contributed by atoms with Crippen LogP contribution in [0.5, 0.6) is 17.2 Å². The van der Waals surface area contributed by atoms with Crippen molar-refractivity contribution in [3.05, 3.63) is 76.5 Å². The van der Waals surface area contributed by atoms with Crippen LogP contribution in [0.3, 0.4) is 0 Å². The lowest BCUT2D eigenvalue weighted by molar-refractivity contribution is 0.327. The topological polar surface area (TPSA) is 57.9 Å². The van der Waals surface area contributed by atoms with Crippen LogP contribution in [0.1, 0.15) is 5.56 Å². The monoisotopic (exact) mass is 362 g/mol. The molecule has 0 amide bonds. The van der Waals surface area contributed by atoms with Gasteiger partial charge < -0.3 is 18.6 Å². The van der Waals surface area contributed by atoms with Crippen molar-refractivity contribution in [3.63, 3.8) is 0 Å².